The summed E-state index contributed by atoms with van der Waals surface area (Å²) in [6, 6.07) is 7.43. The lowest BCUT2D eigenvalue weighted by atomic mass is 9.88. The van der Waals surface area contributed by atoms with Crippen LogP contribution in [0.3, 0.4) is 0 Å². The lowest BCUT2D eigenvalue weighted by molar-refractivity contribution is -0.133. The first-order chi connectivity index (χ1) is 26.2. The molecule has 2 fully saturated rings. The maximum atomic E-state index is 13.1. The number of carboxylic acids is 2. The van der Waals surface area contributed by atoms with Gasteiger partial charge in [0.25, 0.3) is 0 Å². The van der Waals surface area contributed by atoms with Gasteiger partial charge in [-0.1, -0.05) is 38.8 Å². The van der Waals surface area contributed by atoms with Crippen molar-refractivity contribution in [2.24, 2.45) is 11.8 Å². The minimum absolute atomic E-state index is 0.162. The molecule has 2 saturated carbocycles. The van der Waals surface area contributed by atoms with Gasteiger partial charge in [-0.05, 0) is 126 Å². The lowest BCUT2D eigenvalue weighted by Gasteiger charge is -2.29. The summed E-state index contributed by atoms with van der Waals surface area (Å²) in [6.07, 6.45) is 17.9. The number of carbonyl (C=O) groups is 3. The van der Waals surface area contributed by atoms with E-state index in [-0.39, 0.29) is 30.0 Å². The molecule has 0 spiro atoms. The zero-order chi connectivity index (χ0) is 39.0. The second-order valence-electron chi connectivity index (χ2n) is 14.9. The van der Waals surface area contributed by atoms with Crippen molar-refractivity contribution in [1.29, 1.82) is 5.26 Å². The average Bonchev–Trinajstić information content (AvgIpc) is 3.17. The van der Waals surface area contributed by atoms with Crippen molar-refractivity contribution >= 4 is 17.9 Å². The van der Waals surface area contributed by atoms with Gasteiger partial charge in [-0.25, -0.2) is 14.4 Å². The summed E-state index contributed by atoms with van der Waals surface area (Å²) in [4.78, 5) is 34.8. The fourth-order valence-corrected chi connectivity index (χ4v) is 6.93. The molecule has 1 aromatic carbocycles. The average molecular weight is 754 g/mol. The highest BCUT2D eigenvalue weighted by Crippen LogP contribution is 2.32. The zero-order valence-corrected chi connectivity index (χ0v) is 32.2. The van der Waals surface area contributed by atoms with E-state index in [1.165, 1.54) is 0 Å². The van der Waals surface area contributed by atoms with Gasteiger partial charge in [0.15, 0.2) is 0 Å². The van der Waals surface area contributed by atoms with Gasteiger partial charge >= 0.3 is 17.9 Å². The highest BCUT2D eigenvalue weighted by atomic mass is 16.5. The summed E-state index contributed by atoms with van der Waals surface area (Å²) in [7, 11) is 0. The summed E-state index contributed by atoms with van der Waals surface area (Å²) in [5.41, 5.74) is 0.879. The van der Waals surface area contributed by atoms with E-state index in [0.29, 0.717) is 74.4 Å². The predicted molar refractivity (Wildman–Crippen MR) is 206 cm³/mol. The molecule has 0 atom stereocenters. The van der Waals surface area contributed by atoms with Crippen LogP contribution in [0.4, 0.5) is 0 Å². The van der Waals surface area contributed by atoms with E-state index in [2.05, 4.69) is 19.2 Å². The minimum atomic E-state index is -0.915. The Kier molecular flexibility index (Phi) is 21.4. The van der Waals surface area contributed by atoms with Gasteiger partial charge in [-0.15, -0.1) is 0 Å². The van der Waals surface area contributed by atoms with Gasteiger partial charge in [0.05, 0.1) is 38.1 Å². The fraction of sp³-hybridized carbons (Fsp3) is 0.674. The number of carbonyl (C=O) groups excluding carboxylic acids is 1. The molecule has 2 N–H and O–H groups in total. The van der Waals surface area contributed by atoms with E-state index in [1.54, 1.807) is 12.1 Å². The van der Waals surface area contributed by atoms with Crippen LogP contribution in [0, 0.1) is 23.2 Å². The molecule has 300 valence electrons. The number of carboxylic acid groups (broad SMARTS) is 2. The van der Waals surface area contributed by atoms with Crippen LogP contribution >= 0.6 is 0 Å². The monoisotopic (exact) mass is 753 g/mol. The zero-order valence-electron chi connectivity index (χ0n) is 32.2. The van der Waals surface area contributed by atoms with Gasteiger partial charge in [0, 0.05) is 30.8 Å². The second-order valence-corrected chi connectivity index (χ2v) is 14.9. The normalized spacial score (nSPS) is 19.7. The van der Waals surface area contributed by atoms with Gasteiger partial charge in [0.1, 0.15) is 17.1 Å². The lowest BCUT2D eigenvalue weighted by Crippen LogP contribution is -2.25. The third-order valence-electron chi connectivity index (χ3n) is 10.4. The largest absolute Gasteiger partial charge is 0.493 e. The Labute approximate surface area is 322 Å². The van der Waals surface area contributed by atoms with Crippen molar-refractivity contribution in [2.45, 2.75) is 141 Å². The Bertz CT molecular complexity index is 1350. The Morgan fingerprint density at radius 3 is 1.67 bits per heavy atom. The summed E-state index contributed by atoms with van der Waals surface area (Å²) in [5.74, 6) is -0.480. The number of rotatable bonds is 28. The van der Waals surface area contributed by atoms with Crippen LogP contribution in [0.1, 0.15) is 139 Å². The van der Waals surface area contributed by atoms with Crippen LogP contribution in [0.2, 0.25) is 0 Å². The number of aliphatic carboxylic acids is 2. The molecule has 0 saturated heterocycles. The number of unbranched alkanes of at least 4 members (excludes halogenated alkanes) is 7. The van der Waals surface area contributed by atoms with Crippen LogP contribution in [0.5, 0.6) is 11.5 Å². The molecule has 1 aromatic rings. The first-order valence-corrected chi connectivity index (χ1v) is 20.1. The molecule has 3 rings (SSSR count). The number of esters is 1. The van der Waals surface area contributed by atoms with Gasteiger partial charge in [-0.2, -0.15) is 5.26 Å². The SMILES string of the molecule is C=C(CCCCCCOC1CCC(COc2ccc(OCC3CCC(OCCCCCCC(=C)C(=O)O)CC3)c(C(=O)OCCCC#N)c2)CC1)C(=O)O. The first kappa shape index (κ1) is 44.5. The van der Waals surface area contributed by atoms with Gasteiger partial charge in [-0.3, -0.25) is 0 Å². The van der Waals surface area contributed by atoms with E-state index < -0.39 is 17.9 Å². The Morgan fingerprint density at radius 2 is 1.17 bits per heavy atom. The first-order valence-electron chi connectivity index (χ1n) is 20.1. The van der Waals surface area contributed by atoms with Gasteiger partial charge < -0.3 is 33.9 Å². The topological polar surface area (TPSA) is 162 Å². The van der Waals surface area contributed by atoms with Gasteiger partial charge in [0.2, 0.25) is 0 Å². The van der Waals surface area contributed by atoms with Crippen molar-refractivity contribution in [3.63, 3.8) is 0 Å². The summed E-state index contributed by atoms with van der Waals surface area (Å²) in [6.45, 7) is 9.81. The van der Waals surface area contributed by atoms with Crippen LogP contribution in [-0.4, -0.2) is 73.4 Å². The highest BCUT2D eigenvalue weighted by molar-refractivity contribution is 5.93. The van der Waals surface area contributed by atoms with E-state index in [9.17, 15) is 14.4 Å². The predicted octanol–water partition coefficient (Wildman–Crippen LogP) is 9.24. The Balaban J connectivity index is 1.36. The standard InChI is InChI=1S/C43H63NO10/c1-32(41(45)46)13-7-3-5-10-26-50-36-19-15-34(16-20-36)30-53-38-23-24-40(39(29-38)43(49)52-28-12-9-25-44)54-31-35-17-21-37(22-18-35)51-27-11-6-4-8-14-33(2)42(47)48/h23-24,29,34-37H,1-22,26-28,30-31H2,(H,45,46)(H,47,48). The van der Waals surface area contributed by atoms with Crippen LogP contribution < -0.4 is 9.47 Å². The Morgan fingerprint density at radius 1 is 0.667 bits per heavy atom. The maximum Gasteiger partial charge on any atom is 0.342 e. The van der Waals surface area contributed by atoms with E-state index >= 15 is 0 Å². The third kappa shape index (κ3) is 18.0. The molecule has 2 aliphatic rings. The van der Waals surface area contributed by atoms with Crippen molar-refractivity contribution in [3.8, 4) is 17.6 Å². The number of ether oxygens (including phenoxy) is 5. The molecule has 11 nitrogen and oxygen atoms in total. The third-order valence-corrected chi connectivity index (χ3v) is 10.4. The molecular weight excluding hydrogens is 690 g/mol. The number of hydrogen-bond donors (Lipinski definition) is 2. The van der Waals surface area contributed by atoms with Crippen molar-refractivity contribution < 1.29 is 48.3 Å². The molecule has 11 heteroatoms. The fourth-order valence-electron chi connectivity index (χ4n) is 6.93. The minimum Gasteiger partial charge on any atom is -0.493 e. The number of hydrogen-bond acceptors (Lipinski definition) is 9. The molecular formula is C43H63NO10. The molecule has 2 aliphatic carbocycles. The molecule has 0 aliphatic heterocycles. The van der Waals surface area contributed by atoms with Crippen molar-refractivity contribution in [1.82, 2.24) is 0 Å². The molecule has 0 heterocycles. The summed E-state index contributed by atoms with van der Waals surface area (Å²) in [5, 5.41) is 26.7. The van der Waals surface area contributed by atoms with Crippen molar-refractivity contribution in [2.75, 3.05) is 33.0 Å². The number of nitrogens with zero attached hydrogens (tertiary/aromatic N) is 1. The van der Waals surface area contributed by atoms with Crippen LogP contribution in [-0.2, 0) is 23.8 Å². The van der Waals surface area contributed by atoms with E-state index in [1.807, 2.05) is 6.07 Å². The molecule has 0 radical (unpaired) electrons. The molecule has 0 aromatic heterocycles. The van der Waals surface area contributed by atoms with Crippen molar-refractivity contribution in [3.05, 3.63) is 48.1 Å². The Hall–Kier alpha value is -3.88. The van der Waals surface area contributed by atoms with Crippen LogP contribution in [0.15, 0.2) is 42.5 Å². The van der Waals surface area contributed by atoms with E-state index in [4.69, 9.17) is 39.2 Å². The maximum absolute atomic E-state index is 13.1. The second kappa shape index (κ2) is 26.0. The summed E-state index contributed by atoms with van der Waals surface area (Å²) >= 11 is 0. The van der Waals surface area contributed by atoms with E-state index in [0.717, 1.165) is 109 Å². The number of nitriles is 1. The number of benzene rings is 1. The smallest absolute Gasteiger partial charge is 0.342 e. The molecule has 0 bridgehead atoms. The molecule has 0 amide bonds. The molecule has 54 heavy (non-hydrogen) atoms. The summed E-state index contributed by atoms with van der Waals surface area (Å²) < 4.78 is 30.2. The highest BCUT2D eigenvalue weighted by Gasteiger charge is 2.25. The van der Waals surface area contributed by atoms with Crippen LogP contribution in [0.25, 0.3) is 0 Å². The molecule has 0 unspecified atom stereocenters. The quantitative estimate of drug-likeness (QED) is 0.0477.